The van der Waals surface area contributed by atoms with E-state index in [1.54, 1.807) is 26.0 Å². The molecule has 0 saturated carbocycles. The Kier molecular flexibility index (Phi) is 5.36. The Morgan fingerprint density at radius 3 is 2.50 bits per heavy atom. The first kappa shape index (κ1) is 14.7. The Labute approximate surface area is 117 Å². The van der Waals surface area contributed by atoms with Crippen molar-refractivity contribution >= 4 is 10.5 Å². The van der Waals surface area contributed by atoms with Crippen molar-refractivity contribution in [1.29, 1.82) is 0 Å². The first-order valence-corrected chi connectivity index (χ1v) is 7.09. The zero-order chi connectivity index (χ0) is 13.7. The number of allylic oxidation sites excluding steroid dienone is 4. The van der Waals surface area contributed by atoms with Crippen LogP contribution in [0.4, 0.5) is 0 Å². The van der Waals surface area contributed by atoms with Crippen molar-refractivity contribution in [2.45, 2.75) is 20.0 Å². The van der Waals surface area contributed by atoms with Gasteiger partial charge < -0.3 is 0 Å². The first-order chi connectivity index (χ1) is 8.47. The van der Waals surface area contributed by atoms with Gasteiger partial charge in [0.25, 0.3) is 0 Å². The van der Waals surface area contributed by atoms with Crippen LogP contribution in [0.1, 0.15) is 19.4 Å². The van der Waals surface area contributed by atoms with Crippen LogP contribution >= 0.6 is 0 Å². The van der Waals surface area contributed by atoms with Gasteiger partial charge in [-0.25, -0.2) is 0 Å². The van der Waals surface area contributed by atoms with Gasteiger partial charge in [-0.2, -0.15) is 0 Å². The molecule has 0 fully saturated rings. The molecule has 0 bridgehead atoms. The molecule has 0 unspecified atom stereocenters. The molecule has 3 nitrogen and oxygen atoms in total. The molecule has 0 aliphatic heterocycles. The van der Waals surface area contributed by atoms with Gasteiger partial charge in [0.2, 0.25) is 0 Å². The van der Waals surface area contributed by atoms with Crippen molar-refractivity contribution in [3.8, 4) is 5.75 Å². The number of ether oxygens (including phenoxy) is 1. The molecule has 18 heavy (non-hydrogen) atoms. The van der Waals surface area contributed by atoms with Gasteiger partial charge in [-0.15, -0.1) is 0 Å². The molecule has 4 heteroatoms. The quantitative estimate of drug-likeness (QED) is 0.402. The van der Waals surface area contributed by atoms with E-state index in [9.17, 15) is 9.59 Å². The third-order valence-corrected chi connectivity index (χ3v) is 2.63. The Balaban J connectivity index is 2.89. The Morgan fingerprint density at radius 1 is 1.28 bits per heavy atom. The summed E-state index contributed by atoms with van der Waals surface area (Å²) in [5.74, 6) is 0.134. The minimum absolute atomic E-state index is 0.134. The fraction of sp³-hybridized carbons (Fsp3) is 0.214. The normalized spacial score (nSPS) is 11.7. The van der Waals surface area contributed by atoms with Gasteiger partial charge in [0.05, 0.1) is 0 Å². The summed E-state index contributed by atoms with van der Waals surface area (Å²) in [6.45, 7) is 9.28. The van der Waals surface area contributed by atoms with Crippen LogP contribution in [-0.4, -0.2) is 10.5 Å². The van der Waals surface area contributed by atoms with Crippen molar-refractivity contribution < 1.29 is 24.1 Å². The van der Waals surface area contributed by atoms with Gasteiger partial charge in [0.15, 0.2) is 0 Å². The Morgan fingerprint density at radius 2 is 1.94 bits per heavy atom. The molecular weight excluding hydrogens is 400 g/mol. The van der Waals surface area contributed by atoms with Gasteiger partial charge in [0.1, 0.15) is 0 Å². The van der Waals surface area contributed by atoms with E-state index >= 15 is 0 Å². The SMILES string of the molecule is [CH-]=C(/C=C\[CH]=[W])/C=C/c1c(OC(C)C)c(=O)c1=O. The monoisotopic (exact) mass is 413 g/mol. The van der Waals surface area contributed by atoms with Gasteiger partial charge in [-0.05, 0) is 0 Å². The van der Waals surface area contributed by atoms with Crippen LogP contribution in [-0.2, 0) is 19.4 Å². The second-order valence-corrected chi connectivity index (χ2v) is 4.87. The molecule has 0 N–H and O–H groups in total. The summed E-state index contributed by atoms with van der Waals surface area (Å²) in [4.78, 5) is 22.7. The van der Waals surface area contributed by atoms with Crippen molar-refractivity contribution in [3.05, 3.63) is 56.4 Å². The topological polar surface area (TPSA) is 43.4 Å². The Bertz CT molecular complexity index is 584. The van der Waals surface area contributed by atoms with E-state index in [-0.39, 0.29) is 17.4 Å². The van der Waals surface area contributed by atoms with Gasteiger partial charge >= 0.3 is 117 Å². The van der Waals surface area contributed by atoms with E-state index in [0.29, 0.717) is 5.57 Å². The molecule has 0 spiro atoms. The molecule has 0 aromatic heterocycles. The van der Waals surface area contributed by atoms with E-state index in [1.807, 2.05) is 10.5 Å². The van der Waals surface area contributed by atoms with Crippen LogP contribution in [0.15, 0.2) is 33.4 Å². The minimum atomic E-state index is -0.567. The van der Waals surface area contributed by atoms with E-state index in [0.717, 1.165) is 0 Å². The van der Waals surface area contributed by atoms with Crippen molar-refractivity contribution in [2.75, 3.05) is 0 Å². The molecule has 0 atom stereocenters. The second kappa shape index (κ2) is 6.55. The number of hydrogen-bond acceptors (Lipinski definition) is 3. The average molecular weight is 413 g/mol. The molecule has 0 radical (unpaired) electrons. The number of rotatable bonds is 6. The summed E-state index contributed by atoms with van der Waals surface area (Å²) in [5, 5.41) is 0. The molecule has 1 aromatic rings. The van der Waals surface area contributed by atoms with Gasteiger partial charge in [-0.1, -0.05) is 0 Å². The molecule has 0 aliphatic rings. The van der Waals surface area contributed by atoms with E-state index in [1.165, 1.54) is 25.4 Å². The average Bonchev–Trinajstić information content (AvgIpc) is 2.34. The summed E-state index contributed by atoms with van der Waals surface area (Å²) in [7, 11) is 0. The van der Waals surface area contributed by atoms with Crippen LogP contribution in [0.5, 0.6) is 5.75 Å². The fourth-order valence-corrected chi connectivity index (χ4v) is 1.56. The fourth-order valence-electron chi connectivity index (χ4n) is 1.28. The summed E-state index contributed by atoms with van der Waals surface area (Å²) in [5.41, 5.74) is -0.291. The second-order valence-electron chi connectivity index (χ2n) is 3.90. The zero-order valence-electron chi connectivity index (χ0n) is 10.2. The van der Waals surface area contributed by atoms with Crippen LogP contribution in [0.3, 0.4) is 0 Å². The van der Waals surface area contributed by atoms with Gasteiger partial charge in [0, 0.05) is 0 Å². The summed E-state index contributed by atoms with van der Waals surface area (Å²) < 4.78 is 7.20. The Hall–Kier alpha value is -1.34. The third-order valence-electron chi connectivity index (χ3n) is 2.06. The molecule has 94 valence electrons. The molecule has 0 amide bonds. The molecule has 1 rings (SSSR count). The van der Waals surface area contributed by atoms with Crippen molar-refractivity contribution in [2.24, 2.45) is 0 Å². The predicted octanol–water partition coefficient (Wildman–Crippen LogP) is 1.35. The zero-order valence-corrected chi connectivity index (χ0v) is 13.1. The summed E-state index contributed by atoms with van der Waals surface area (Å²) in [6, 6.07) is 0. The summed E-state index contributed by atoms with van der Waals surface area (Å²) >= 11 is 1.33. The van der Waals surface area contributed by atoms with E-state index < -0.39 is 10.9 Å². The maximum absolute atomic E-state index is 11.4. The first-order valence-electron chi connectivity index (χ1n) is 5.39. The van der Waals surface area contributed by atoms with Crippen LogP contribution in [0.2, 0.25) is 0 Å². The van der Waals surface area contributed by atoms with Gasteiger partial charge in [-0.3, -0.25) is 0 Å². The van der Waals surface area contributed by atoms with Crippen LogP contribution < -0.4 is 15.6 Å². The standard InChI is InChI=1S/C14H13O3.W/c1-5-6-10(4)7-8-11-12(15)13(16)14(11)17-9(2)3;/h1,4-9H,2-3H3;/q-1;/b6-5-,8-7+;. The molecule has 0 aliphatic carbocycles. The van der Waals surface area contributed by atoms with Crippen molar-refractivity contribution in [3.63, 3.8) is 0 Å². The third kappa shape index (κ3) is 3.57. The molecule has 0 saturated heterocycles. The van der Waals surface area contributed by atoms with E-state index in [2.05, 4.69) is 0 Å². The van der Waals surface area contributed by atoms with Crippen molar-refractivity contribution in [1.82, 2.24) is 0 Å². The molecule has 1 aromatic carbocycles. The summed E-state index contributed by atoms with van der Waals surface area (Å²) in [6.07, 6.45) is 6.50. The van der Waals surface area contributed by atoms with E-state index in [4.69, 9.17) is 11.3 Å². The van der Waals surface area contributed by atoms with Crippen LogP contribution in [0.25, 0.3) is 6.08 Å². The number of hydrogen-bond donors (Lipinski definition) is 0. The molecule has 0 heterocycles. The predicted molar refractivity (Wildman–Crippen MR) is 69.2 cm³/mol. The molecular formula is C14H13O3W-. The van der Waals surface area contributed by atoms with Crippen LogP contribution in [0, 0.1) is 6.58 Å². The maximum atomic E-state index is 11.4.